The lowest BCUT2D eigenvalue weighted by atomic mass is 10.2. The molecule has 1 aromatic rings. The molecule has 20 heavy (non-hydrogen) atoms. The summed E-state index contributed by atoms with van der Waals surface area (Å²) in [5.74, 6) is -0.544. The van der Waals surface area contributed by atoms with Gasteiger partial charge in [0.1, 0.15) is 5.82 Å². The number of benzene rings is 1. The van der Waals surface area contributed by atoms with Crippen LogP contribution in [0.25, 0.3) is 0 Å². The normalized spacial score (nSPS) is 10.2. The van der Waals surface area contributed by atoms with Gasteiger partial charge >= 0.3 is 0 Å². The maximum atomic E-state index is 12.7. The molecular weight excluding hydrogens is 259 g/mol. The van der Waals surface area contributed by atoms with E-state index >= 15 is 0 Å². The number of nitrogens with one attached hydrogen (secondary N) is 1. The molecule has 110 valence electrons. The lowest BCUT2D eigenvalue weighted by Gasteiger charge is -2.20. The zero-order valence-electron chi connectivity index (χ0n) is 12.0. The highest BCUT2D eigenvalue weighted by atomic mass is 19.1. The number of anilines is 1. The van der Waals surface area contributed by atoms with Crippen molar-refractivity contribution in [3.63, 3.8) is 0 Å². The third-order valence-corrected chi connectivity index (χ3v) is 2.96. The Hall–Kier alpha value is -1.91. The number of rotatable bonds is 7. The van der Waals surface area contributed by atoms with E-state index < -0.39 is 0 Å². The van der Waals surface area contributed by atoms with E-state index in [2.05, 4.69) is 12.2 Å². The summed E-state index contributed by atoms with van der Waals surface area (Å²) in [6.07, 6.45) is 2.17. The van der Waals surface area contributed by atoms with Gasteiger partial charge in [-0.25, -0.2) is 4.39 Å². The van der Waals surface area contributed by atoms with E-state index in [1.165, 1.54) is 31.2 Å². The van der Waals surface area contributed by atoms with Crippen molar-refractivity contribution in [1.82, 2.24) is 4.90 Å². The first kappa shape index (κ1) is 16.1. The Kier molecular flexibility index (Phi) is 6.70. The van der Waals surface area contributed by atoms with Crippen LogP contribution in [0.3, 0.4) is 0 Å². The zero-order chi connectivity index (χ0) is 15.0. The van der Waals surface area contributed by atoms with Crippen molar-refractivity contribution >= 4 is 17.5 Å². The van der Waals surface area contributed by atoms with Crippen molar-refractivity contribution in [1.29, 1.82) is 0 Å². The second-order valence-corrected chi connectivity index (χ2v) is 4.66. The predicted octanol–water partition coefficient (Wildman–Crippen LogP) is 2.80. The topological polar surface area (TPSA) is 49.4 Å². The molecule has 1 rings (SSSR count). The molecule has 0 saturated heterocycles. The zero-order valence-corrected chi connectivity index (χ0v) is 12.0. The van der Waals surface area contributed by atoms with Crippen LogP contribution < -0.4 is 5.32 Å². The molecule has 0 saturated carbocycles. The van der Waals surface area contributed by atoms with Gasteiger partial charge in [0.25, 0.3) is 0 Å². The SMILES string of the molecule is CCCCN(CCC(=O)Nc1ccc(F)cc1)C(C)=O. The van der Waals surface area contributed by atoms with E-state index in [0.29, 0.717) is 18.8 Å². The van der Waals surface area contributed by atoms with Gasteiger partial charge in [0.05, 0.1) is 0 Å². The number of hydrogen-bond acceptors (Lipinski definition) is 2. The summed E-state index contributed by atoms with van der Waals surface area (Å²) in [6.45, 7) is 4.64. The monoisotopic (exact) mass is 280 g/mol. The minimum atomic E-state index is -0.342. The van der Waals surface area contributed by atoms with Gasteiger partial charge in [-0.15, -0.1) is 0 Å². The standard InChI is InChI=1S/C15H21FN2O2/c1-3-4-10-18(12(2)19)11-9-15(20)17-14-7-5-13(16)6-8-14/h5-8H,3-4,9-11H2,1-2H3,(H,17,20). The number of nitrogens with zero attached hydrogens (tertiary/aromatic N) is 1. The van der Waals surface area contributed by atoms with Gasteiger partial charge in [0.15, 0.2) is 0 Å². The molecule has 1 aromatic carbocycles. The van der Waals surface area contributed by atoms with Crippen molar-refractivity contribution < 1.29 is 14.0 Å². The molecular formula is C15H21FN2O2. The molecule has 0 aliphatic heterocycles. The molecule has 0 heterocycles. The van der Waals surface area contributed by atoms with Crippen molar-refractivity contribution in [3.05, 3.63) is 30.1 Å². The lowest BCUT2D eigenvalue weighted by Crippen LogP contribution is -2.32. The Morgan fingerprint density at radius 1 is 1.20 bits per heavy atom. The molecule has 0 aliphatic carbocycles. The summed E-state index contributed by atoms with van der Waals surface area (Å²) in [5, 5.41) is 2.68. The first-order chi connectivity index (χ1) is 9.52. The van der Waals surface area contributed by atoms with Crippen LogP contribution in [0.1, 0.15) is 33.1 Å². The van der Waals surface area contributed by atoms with Crippen LogP contribution >= 0.6 is 0 Å². The Morgan fingerprint density at radius 2 is 1.85 bits per heavy atom. The van der Waals surface area contributed by atoms with Crippen LogP contribution in [-0.2, 0) is 9.59 Å². The number of hydrogen-bond donors (Lipinski definition) is 1. The van der Waals surface area contributed by atoms with Gasteiger partial charge in [-0.1, -0.05) is 13.3 Å². The average Bonchev–Trinajstić information content (AvgIpc) is 2.41. The van der Waals surface area contributed by atoms with Crippen molar-refractivity contribution in [2.45, 2.75) is 33.1 Å². The van der Waals surface area contributed by atoms with E-state index in [9.17, 15) is 14.0 Å². The summed E-state index contributed by atoms with van der Waals surface area (Å²) in [5.41, 5.74) is 0.555. The van der Waals surface area contributed by atoms with Crippen LogP contribution in [0, 0.1) is 5.82 Å². The first-order valence-electron chi connectivity index (χ1n) is 6.84. The third-order valence-electron chi connectivity index (χ3n) is 2.96. The van der Waals surface area contributed by atoms with E-state index in [1.807, 2.05) is 0 Å². The molecule has 2 amide bonds. The summed E-state index contributed by atoms with van der Waals surface area (Å²) in [4.78, 5) is 24.8. The van der Waals surface area contributed by atoms with E-state index in [0.717, 1.165) is 12.8 Å². The minimum absolute atomic E-state index is 0.0203. The second-order valence-electron chi connectivity index (χ2n) is 4.66. The number of carbonyl (C=O) groups is 2. The van der Waals surface area contributed by atoms with E-state index in [4.69, 9.17) is 0 Å². The van der Waals surface area contributed by atoms with Gasteiger partial charge in [-0.05, 0) is 30.7 Å². The van der Waals surface area contributed by atoms with Gasteiger partial charge in [0, 0.05) is 32.1 Å². The lowest BCUT2D eigenvalue weighted by molar-refractivity contribution is -0.129. The number of halogens is 1. The van der Waals surface area contributed by atoms with E-state index in [1.54, 1.807) is 4.90 Å². The molecule has 0 aromatic heterocycles. The third kappa shape index (κ3) is 5.82. The van der Waals surface area contributed by atoms with Gasteiger partial charge in [0.2, 0.25) is 11.8 Å². The fraction of sp³-hybridized carbons (Fsp3) is 0.467. The molecule has 0 spiro atoms. The molecule has 0 aliphatic rings. The van der Waals surface area contributed by atoms with Crippen molar-refractivity contribution in [3.8, 4) is 0 Å². The molecule has 0 unspecified atom stereocenters. The van der Waals surface area contributed by atoms with Crippen molar-refractivity contribution in [2.24, 2.45) is 0 Å². The molecule has 5 heteroatoms. The fourth-order valence-corrected chi connectivity index (χ4v) is 1.77. The van der Waals surface area contributed by atoms with Crippen LogP contribution in [0.4, 0.5) is 10.1 Å². The Balaban J connectivity index is 2.41. The van der Waals surface area contributed by atoms with Gasteiger partial charge in [-0.2, -0.15) is 0 Å². The Morgan fingerprint density at radius 3 is 2.40 bits per heavy atom. The molecule has 0 bridgehead atoms. The molecule has 1 N–H and O–H groups in total. The van der Waals surface area contributed by atoms with Crippen molar-refractivity contribution in [2.75, 3.05) is 18.4 Å². The summed E-state index contributed by atoms with van der Waals surface area (Å²) in [7, 11) is 0. The van der Waals surface area contributed by atoms with Crippen LogP contribution in [-0.4, -0.2) is 29.8 Å². The van der Waals surface area contributed by atoms with Crippen LogP contribution in [0.5, 0.6) is 0 Å². The molecule has 0 fully saturated rings. The highest BCUT2D eigenvalue weighted by Crippen LogP contribution is 2.08. The number of carbonyl (C=O) groups excluding carboxylic acids is 2. The second kappa shape index (κ2) is 8.30. The van der Waals surface area contributed by atoms with Gasteiger partial charge in [-0.3, -0.25) is 9.59 Å². The fourth-order valence-electron chi connectivity index (χ4n) is 1.77. The largest absolute Gasteiger partial charge is 0.342 e. The quantitative estimate of drug-likeness (QED) is 0.835. The summed E-state index contributed by atoms with van der Waals surface area (Å²) < 4.78 is 12.7. The Labute approximate surface area is 119 Å². The maximum Gasteiger partial charge on any atom is 0.226 e. The summed E-state index contributed by atoms with van der Waals surface area (Å²) in [6, 6.07) is 5.59. The maximum absolute atomic E-state index is 12.7. The minimum Gasteiger partial charge on any atom is -0.342 e. The summed E-state index contributed by atoms with van der Waals surface area (Å²) >= 11 is 0. The smallest absolute Gasteiger partial charge is 0.226 e. The molecule has 0 radical (unpaired) electrons. The van der Waals surface area contributed by atoms with E-state index in [-0.39, 0.29) is 24.1 Å². The average molecular weight is 280 g/mol. The van der Waals surface area contributed by atoms with Gasteiger partial charge < -0.3 is 10.2 Å². The Bertz CT molecular complexity index is 446. The first-order valence-corrected chi connectivity index (χ1v) is 6.84. The predicted molar refractivity (Wildman–Crippen MR) is 76.8 cm³/mol. The molecule has 4 nitrogen and oxygen atoms in total. The number of unbranched alkanes of at least 4 members (excludes halogenated alkanes) is 1. The van der Waals surface area contributed by atoms with Crippen LogP contribution in [0.2, 0.25) is 0 Å². The molecule has 0 atom stereocenters. The number of amides is 2. The highest BCUT2D eigenvalue weighted by Gasteiger charge is 2.10. The van der Waals surface area contributed by atoms with Crippen LogP contribution in [0.15, 0.2) is 24.3 Å². The highest BCUT2D eigenvalue weighted by molar-refractivity contribution is 5.91.